The molecular weight excluding hydrogens is 681 g/mol. The molecule has 56 heavy (non-hydrogen) atoms. The van der Waals surface area contributed by atoms with E-state index in [1.807, 2.05) is 12.1 Å². The molecule has 3 aromatic heterocycles. The Morgan fingerprint density at radius 3 is 1.46 bits per heavy atom. The summed E-state index contributed by atoms with van der Waals surface area (Å²) in [6.45, 7) is 0. The average Bonchev–Trinajstić information content (AvgIpc) is 3.83. The van der Waals surface area contributed by atoms with Crippen LogP contribution in [0.3, 0.4) is 0 Å². The number of pyridine rings is 1. The minimum absolute atomic E-state index is 0.874. The van der Waals surface area contributed by atoms with Gasteiger partial charge in [0.15, 0.2) is 0 Å². The third kappa shape index (κ3) is 5.32. The molecule has 3 heterocycles. The van der Waals surface area contributed by atoms with Crippen LogP contribution in [0.5, 0.6) is 0 Å². The standard InChI is InChI=1S/C53H34N2O/c1-4-14-37(15-5-1)48-33-40(34-49(54-48)38-16-6-2-7-17-38)43-22-13-24-46-45-23-12-21-42(52(45)56-53(43)46)36-28-26-35(27-29-36)39-30-31-51-47(32-39)44-20-10-11-25-50(44)55(51)41-18-8-3-9-19-41/h1-34H. The number of fused-ring (bicyclic) bond motifs is 6. The van der Waals surface area contributed by atoms with E-state index in [1.165, 1.54) is 32.9 Å². The molecule has 0 bridgehead atoms. The quantitative estimate of drug-likeness (QED) is 0.172. The number of benzene rings is 8. The smallest absolute Gasteiger partial charge is 0.143 e. The van der Waals surface area contributed by atoms with E-state index in [1.54, 1.807) is 0 Å². The Hall–Kier alpha value is -7.49. The molecule has 8 aromatic carbocycles. The third-order valence-electron chi connectivity index (χ3n) is 11.0. The lowest BCUT2D eigenvalue weighted by Crippen LogP contribution is -1.92. The Morgan fingerprint density at radius 2 is 0.821 bits per heavy atom. The fourth-order valence-electron chi connectivity index (χ4n) is 8.32. The Morgan fingerprint density at radius 1 is 0.321 bits per heavy atom. The van der Waals surface area contributed by atoms with E-state index in [4.69, 9.17) is 9.40 Å². The van der Waals surface area contributed by atoms with Gasteiger partial charge in [0.1, 0.15) is 11.2 Å². The first kappa shape index (κ1) is 32.0. The first-order valence-electron chi connectivity index (χ1n) is 19.0. The van der Waals surface area contributed by atoms with Crippen LogP contribution in [0.2, 0.25) is 0 Å². The topological polar surface area (TPSA) is 31.0 Å². The molecule has 0 N–H and O–H groups in total. The van der Waals surface area contributed by atoms with Crippen molar-refractivity contribution < 1.29 is 4.42 Å². The Bertz CT molecular complexity index is 3160. The van der Waals surface area contributed by atoms with Crippen LogP contribution >= 0.6 is 0 Å². The van der Waals surface area contributed by atoms with Crippen molar-refractivity contribution in [2.75, 3.05) is 0 Å². The maximum atomic E-state index is 6.93. The van der Waals surface area contributed by atoms with Gasteiger partial charge in [0.25, 0.3) is 0 Å². The summed E-state index contributed by atoms with van der Waals surface area (Å²) in [6, 6.07) is 73.1. The van der Waals surface area contributed by atoms with Crippen molar-refractivity contribution in [3.05, 3.63) is 206 Å². The van der Waals surface area contributed by atoms with E-state index in [0.29, 0.717) is 0 Å². The molecule has 0 atom stereocenters. The lowest BCUT2D eigenvalue weighted by molar-refractivity contribution is 0.671. The second kappa shape index (κ2) is 13.1. The number of hydrogen-bond acceptors (Lipinski definition) is 2. The van der Waals surface area contributed by atoms with Crippen molar-refractivity contribution in [1.82, 2.24) is 9.55 Å². The minimum atomic E-state index is 0.874. The molecule has 0 unspecified atom stereocenters. The van der Waals surface area contributed by atoms with Gasteiger partial charge in [-0.25, -0.2) is 4.98 Å². The summed E-state index contributed by atoms with van der Waals surface area (Å²) < 4.78 is 9.29. The Labute approximate surface area is 324 Å². The molecular formula is C53H34N2O. The van der Waals surface area contributed by atoms with Gasteiger partial charge in [-0.1, -0.05) is 164 Å². The van der Waals surface area contributed by atoms with E-state index >= 15 is 0 Å². The molecule has 0 radical (unpaired) electrons. The number of furan rings is 1. The molecule has 11 aromatic rings. The van der Waals surface area contributed by atoms with Crippen LogP contribution in [0.1, 0.15) is 0 Å². The summed E-state index contributed by atoms with van der Waals surface area (Å²) in [7, 11) is 0. The summed E-state index contributed by atoms with van der Waals surface area (Å²) in [5.74, 6) is 0. The highest BCUT2D eigenvalue weighted by Crippen LogP contribution is 2.42. The molecule has 11 rings (SSSR count). The second-order valence-electron chi connectivity index (χ2n) is 14.3. The van der Waals surface area contributed by atoms with E-state index in [0.717, 1.165) is 72.4 Å². The van der Waals surface area contributed by atoms with Crippen LogP contribution in [0.25, 0.3) is 105 Å². The molecule has 0 aliphatic heterocycles. The normalized spacial score (nSPS) is 11.6. The molecule has 3 heteroatoms. The van der Waals surface area contributed by atoms with Crippen LogP contribution in [0.15, 0.2) is 211 Å². The van der Waals surface area contributed by atoms with Gasteiger partial charge >= 0.3 is 0 Å². The van der Waals surface area contributed by atoms with E-state index in [9.17, 15) is 0 Å². The van der Waals surface area contributed by atoms with Crippen molar-refractivity contribution in [2.45, 2.75) is 0 Å². The summed E-state index contributed by atoms with van der Waals surface area (Å²) in [6.07, 6.45) is 0. The predicted octanol–water partition coefficient (Wildman–Crippen LogP) is 14.4. The molecule has 262 valence electrons. The van der Waals surface area contributed by atoms with Gasteiger partial charge in [0.05, 0.1) is 22.4 Å². The van der Waals surface area contributed by atoms with Crippen LogP contribution in [0, 0.1) is 0 Å². The van der Waals surface area contributed by atoms with E-state index in [-0.39, 0.29) is 0 Å². The summed E-state index contributed by atoms with van der Waals surface area (Å²) >= 11 is 0. The molecule has 0 saturated heterocycles. The van der Waals surface area contributed by atoms with Crippen LogP contribution in [-0.4, -0.2) is 9.55 Å². The monoisotopic (exact) mass is 714 g/mol. The number of aromatic nitrogens is 2. The van der Waals surface area contributed by atoms with Crippen molar-refractivity contribution in [3.8, 4) is 61.6 Å². The number of para-hydroxylation sites is 4. The van der Waals surface area contributed by atoms with Gasteiger partial charge < -0.3 is 8.98 Å². The van der Waals surface area contributed by atoms with Crippen LogP contribution in [0.4, 0.5) is 0 Å². The van der Waals surface area contributed by atoms with Crippen molar-refractivity contribution in [2.24, 2.45) is 0 Å². The molecule has 0 aliphatic rings. The second-order valence-corrected chi connectivity index (χ2v) is 14.3. The zero-order valence-electron chi connectivity index (χ0n) is 30.4. The fourth-order valence-corrected chi connectivity index (χ4v) is 8.32. The van der Waals surface area contributed by atoms with Crippen LogP contribution in [-0.2, 0) is 0 Å². The molecule has 0 aliphatic carbocycles. The fraction of sp³-hybridized carbons (Fsp3) is 0. The summed E-state index contributed by atoms with van der Waals surface area (Å²) in [5, 5.41) is 4.69. The average molecular weight is 715 g/mol. The maximum Gasteiger partial charge on any atom is 0.143 e. The zero-order chi connectivity index (χ0) is 37.0. The van der Waals surface area contributed by atoms with Gasteiger partial charge in [-0.3, -0.25) is 0 Å². The highest BCUT2D eigenvalue weighted by molar-refractivity contribution is 6.13. The first-order valence-corrected chi connectivity index (χ1v) is 19.0. The number of hydrogen-bond donors (Lipinski definition) is 0. The minimum Gasteiger partial charge on any atom is -0.455 e. The number of rotatable bonds is 6. The molecule has 3 nitrogen and oxygen atoms in total. The third-order valence-corrected chi connectivity index (χ3v) is 11.0. The molecule has 0 saturated carbocycles. The van der Waals surface area contributed by atoms with Crippen LogP contribution < -0.4 is 0 Å². The highest BCUT2D eigenvalue weighted by Gasteiger charge is 2.18. The van der Waals surface area contributed by atoms with Gasteiger partial charge in [0, 0.05) is 49.5 Å². The predicted molar refractivity (Wildman–Crippen MR) is 233 cm³/mol. The molecule has 0 spiro atoms. The zero-order valence-corrected chi connectivity index (χ0v) is 30.4. The lowest BCUT2D eigenvalue weighted by atomic mass is 9.97. The van der Waals surface area contributed by atoms with Gasteiger partial charge in [-0.2, -0.15) is 0 Å². The molecule has 0 amide bonds. The van der Waals surface area contributed by atoms with E-state index in [2.05, 4.69) is 199 Å². The Kier molecular flexibility index (Phi) is 7.49. The first-order chi connectivity index (χ1) is 27.8. The van der Waals surface area contributed by atoms with Crippen molar-refractivity contribution in [3.63, 3.8) is 0 Å². The highest BCUT2D eigenvalue weighted by atomic mass is 16.3. The van der Waals surface area contributed by atoms with Crippen molar-refractivity contribution >= 4 is 43.7 Å². The maximum absolute atomic E-state index is 6.93. The largest absolute Gasteiger partial charge is 0.455 e. The summed E-state index contributed by atoms with van der Waals surface area (Å²) in [5.41, 5.74) is 16.0. The van der Waals surface area contributed by atoms with Crippen molar-refractivity contribution in [1.29, 1.82) is 0 Å². The van der Waals surface area contributed by atoms with Gasteiger partial charge in [-0.15, -0.1) is 0 Å². The lowest BCUT2D eigenvalue weighted by Gasteiger charge is -2.10. The van der Waals surface area contributed by atoms with Gasteiger partial charge in [0.2, 0.25) is 0 Å². The van der Waals surface area contributed by atoms with E-state index < -0.39 is 0 Å². The number of nitrogens with zero attached hydrogens (tertiary/aromatic N) is 2. The Balaban J connectivity index is 1.00. The van der Waals surface area contributed by atoms with Gasteiger partial charge in [-0.05, 0) is 64.7 Å². The summed E-state index contributed by atoms with van der Waals surface area (Å²) in [4.78, 5) is 5.12. The molecule has 0 fully saturated rings. The SMILES string of the molecule is c1ccc(-c2cc(-c3cccc4c3oc3c(-c5ccc(-c6ccc7c(c6)c6ccccc6n7-c6ccccc6)cc5)cccc34)cc(-c3ccccc3)n2)cc1.